The van der Waals surface area contributed by atoms with Crippen LogP contribution in [0, 0.1) is 34.5 Å². The third kappa shape index (κ3) is 3.99. The molecule has 1 aromatic rings. The third-order valence-electron chi connectivity index (χ3n) is 9.65. The summed E-state index contributed by atoms with van der Waals surface area (Å²) in [6.45, 7) is 4.08. The molecule has 41 heavy (non-hydrogen) atoms. The van der Waals surface area contributed by atoms with Crippen LogP contribution in [0.4, 0.5) is 13.2 Å². The molecule has 1 aliphatic heterocycles. The Labute approximate surface area is 234 Å². The lowest BCUT2D eigenvalue weighted by Gasteiger charge is -2.53. The third-order valence-corrected chi connectivity index (χ3v) is 9.65. The molecule has 1 amide bonds. The summed E-state index contributed by atoms with van der Waals surface area (Å²) >= 11 is 0. The molecule has 7 unspecified atom stereocenters. The number of hydrogen-bond donors (Lipinski definition) is 5. The molecule has 0 spiro atoms. The number of primary amides is 1. The Hall–Kier alpha value is -3.16. The Bertz CT molecular complexity index is 1410. The van der Waals surface area contributed by atoms with Crippen molar-refractivity contribution < 1.29 is 42.6 Å². The van der Waals surface area contributed by atoms with Crippen molar-refractivity contribution >= 4 is 29.0 Å². The van der Waals surface area contributed by atoms with Crippen molar-refractivity contribution in [1.82, 2.24) is 10.2 Å². The molecule has 0 bridgehead atoms. The van der Waals surface area contributed by atoms with Crippen LogP contribution in [0.2, 0.25) is 0 Å². The average molecular weight is 579 g/mol. The van der Waals surface area contributed by atoms with Crippen molar-refractivity contribution in [3.8, 4) is 5.75 Å². The number of phenolic OH excluding ortho intramolecular Hbond substituents is 1. The molecule has 4 aliphatic rings. The maximum absolute atomic E-state index is 14.8. The van der Waals surface area contributed by atoms with Gasteiger partial charge in [0.05, 0.1) is 28.8 Å². The number of alkyl halides is 3. The highest BCUT2D eigenvalue weighted by molar-refractivity contribution is 6.33. The number of phenols is 1. The van der Waals surface area contributed by atoms with Gasteiger partial charge in [0.1, 0.15) is 11.7 Å². The second-order valence-corrected chi connectivity index (χ2v) is 12.7. The molecule has 1 aromatic carbocycles. The first-order valence-corrected chi connectivity index (χ1v) is 13.4. The van der Waals surface area contributed by atoms with Crippen LogP contribution in [0.3, 0.4) is 0 Å². The number of benzene rings is 1. The zero-order valence-electron chi connectivity index (χ0n) is 23.1. The van der Waals surface area contributed by atoms with E-state index < -0.39 is 111 Å². The highest BCUT2D eigenvalue weighted by Crippen LogP contribution is 2.54. The van der Waals surface area contributed by atoms with E-state index in [-0.39, 0.29) is 12.0 Å². The Balaban J connectivity index is 1.70. The van der Waals surface area contributed by atoms with E-state index in [9.17, 15) is 42.6 Å². The molecule has 1 saturated heterocycles. The van der Waals surface area contributed by atoms with E-state index in [0.29, 0.717) is 13.0 Å². The van der Waals surface area contributed by atoms with Gasteiger partial charge in [-0.3, -0.25) is 24.1 Å². The predicted molar refractivity (Wildman–Crippen MR) is 138 cm³/mol. The van der Waals surface area contributed by atoms with Gasteiger partial charge in [0.15, 0.2) is 23.0 Å². The van der Waals surface area contributed by atoms with Gasteiger partial charge in [0, 0.05) is 12.0 Å². The van der Waals surface area contributed by atoms with Gasteiger partial charge in [-0.05, 0) is 68.4 Å². The summed E-state index contributed by atoms with van der Waals surface area (Å²) in [4.78, 5) is 54.5. The Morgan fingerprint density at radius 2 is 1.85 bits per heavy atom. The van der Waals surface area contributed by atoms with Crippen LogP contribution in [-0.2, 0) is 27.0 Å². The van der Waals surface area contributed by atoms with Crippen LogP contribution >= 0.6 is 0 Å². The second-order valence-electron chi connectivity index (χ2n) is 12.7. The quantitative estimate of drug-likeness (QED) is 0.335. The molecule has 13 heteroatoms. The maximum atomic E-state index is 14.8. The first-order chi connectivity index (χ1) is 18.9. The van der Waals surface area contributed by atoms with Crippen LogP contribution in [0.25, 0.3) is 0 Å². The monoisotopic (exact) mass is 578 g/mol. The largest absolute Gasteiger partial charge is 0.507 e. The molecule has 0 aromatic heterocycles. The minimum atomic E-state index is -4.90. The molecule has 2 saturated carbocycles. The number of nitrogens with zero attached hydrogens (tertiary/aromatic N) is 1. The topological polar surface area (TPSA) is 174 Å². The van der Waals surface area contributed by atoms with E-state index in [1.165, 1.54) is 19.0 Å². The van der Waals surface area contributed by atoms with Gasteiger partial charge in [0.2, 0.25) is 5.91 Å². The zero-order chi connectivity index (χ0) is 30.6. The first-order valence-electron chi connectivity index (χ1n) is 13.4. The number of carbonyl (C=O) groups excluding carboxylic acids is 4. The Morgan fingerprint density at radius 3 is 2.37 bits per heavy atom. The maximum Gasteiger partial charge on any atom is 0.417 e. The highest BCUT2D eigenvalue weighted by Gasteiger charge is 2.68. The molecule has 5 rings (SSSR count). The number of rotatable bonds is 3. The Kier molecular flexibility index (Phi) is 6.56. The van der Waals surface area contributed by atoms with E-state index in [0.717, 1.165) is 6.07 Å². The molecule has 3 fully saturated rings. The number of carbonyl (C=O) groups is 4. The molecule has 222 valence electrons. The summed E-state index contributed by atoms with van der Waals surface area (Å²) in [7, 11) is 2.94. The number of amides is 1. The second kappa shape index (κ2) is 9.17. The zero-order valence-corrected chi connectivity index (χ0v) is 23.1. The lowest BCUT2D eigenvalue weighted by atomic mass is 9.52. The smallest absolute Gasteiger partial charge is 0.417 e. The number of nitrogens with one attached hydrogen (secondary N) is 2. The predicted octanol–water partition coefficient (Wildman–Crippen LogP) is 1.40. The summed E-state index contributed by atoms with van der Waals surface area (Å²) in [5, 5.41) is 34.3. The van der Waals surface area contributed by atoms with E-state index in [4.69, 9.17) is 11.1 Å². The van der Waals surface area contributed by atoms with Crippen molar-refractivity contribution in [1.29, 1.82) is 5.41 Å². The fraction of sp³-hybridized carbons (Fsp3) is 0.607. The Morgan fingerprint density at radius 1 is 1.22 bits per heavy atom. The molecule has 3 aliphatic carbocycles. The fourth-order valence-electron chi connectivity index (χ4n) is 7.81. The van der Waals surface area contributed by atoms with Gasteiger partial charge in [-0.25, -0.2) is 0 Å². The van der Waals surface area contributed by atoms with Gasteiger partial charge >= 0.3 is 6.18 Å². The first kappa shape index (κ1) is 29.3. The van der Waals surface area contributed by atoms with Crippen LogP contribution in [0.5, 0.6) is 5.75 Å². The van der Waals surface area contributed by atoms with E-state index in [1.54, 1.807) is 0 Å². The van der Waals surface area contributed by atoms with E-state index >= 15 is 0 Å². The number of Topliss-reactive ketones (excluding diaryl/α,β-unsaturated/α-hetero) is 3. The minimum absolute atomic E-state index is 0.189. The van der Waals surface area contributed by atoms with Gasteiger partial charge in [-0.15, -0.1) is 0 Å². The van der Waals surface area contributed by atoms with Crippen molar-refractivity contribution in [2.75, 3.05) is 20.6 Å². The molecule has 0 radical (unpaired) electrons. The lowest BCUT2D eigenvalue weighted by molar-refractivity contribution is -0.157. The number of aliphatic hydroxyl groups is 1. The van der Waals surface area contributed by atoms with Crippen LogP contribution in [0.1, 0.15) is 59.8 Å². The summed E-state index contributed by atoms with van der Waals surface area (Å²) in [5.74, 6) is -11.0. The highest BCUT2D eigenvalue weighted by atomic mass is 19.4. The summed E-state index contributed by atoms with van der Waals surface area (Å²) in [6, 6.07) is -1.10. The summed E-state index contributed by atoms with van der Waals surface area (Å²) in [5.41, 5.74) is -1.17. The van der Waals surface area contributed by atoms with Crippen molar-refractivity contribution in [2.45, 2.75) is 57.0 Å². The standard InChI is InChI=1S/C28H33F3N4O6/c1-26(2)5-6-34-23(26)12-9-14(36)16-11(18(12)28(29,30)31)7-10-8-13-19(35(3)4)21(38)17(25(33)40)22(32)27(13,41)24(39)15(10)20(16)37/h9-10,13,15,17,19,23,32,34,36,41H,5-8H2,1-4H3,(H2,33,40). The van der Waals surface area contributed by atoms with Gasteiger partial charge in [-0.1, -0.05) is 13.8 Å². The van der Waals surface area contributed by atoms with Gasteiger partial charge < -0.3 is 26.7 Å². The molecule has 1 heterocycles. The summed E-state index contributed by atoms with van der Waals surface area (Å²) in [6.07, 6.45) is -4.99. The number of ketones is 3. The van der Waals surface area contributed by atoms with Crippen molar-refractivity contribution in [3.05, 3.63) is 28.3 Å². The molecular weight excluding hydrogens is 545 g/mol. The number of likely N-dealkylation sites (N-methyl/N-ethyl adjacent to an activating group) is 1. The minimum Gasteiger partial charge on any atom is -0.507 e. The molecular formula is C28H33F3N4O6. The van der Waals surface area contributed by atoms with Gasteiger partial charge in [0.25, 0.3) is 0 Å². The molecule has 7 atom stereocenters. The van der Waals surface area contributed by atoms with Crippen molar-refractivity contribution in [3.63, 3.8) is 0 Å². The lowest BCUT2D eigenvalue weighted by Crippen LogP contribution is -2.73. The van der Waals surface area contributed by atoms with Crippen LogP contribution in [-0.4, -0.2) is 76.4 Å². The summed E-state index contributed by atoms with van der Waals surface area (Å²) < 4.78 is 44.3. The number of aromatic hydroxyl groups is 1. The van der Waals surface area contributed by atoms with Crippen molar-refractivity contribution in [2.24, 2.45) is 34.8 Å². The van der Waals surface area contributed by atoms with E-state index in [2.05, 4.69) is 5.32 Å². The molecule has 10 nitrogen and oxygen atoms in total. The number of hydrogen-bond acceptors (Lipinski definition) is 9. The average Bonchev–Trinajstić information content (AvgIpc) is 3.18. The molecule has 6 N–H and O–H groups in total. The number of halogens is 3. The fourth-order valence-corrected chi connectivity index (χ4v) is 7.81. The van der Waals surface area contributed by atoms with Gasteiger partial charge in [-0.2, -0.15) is 13.2 Å². The van der Waals surface area contributed by atoms with Crippen LogP contribution in [0.15, 0.2) is 6.07 Å². The van der Waals surface area contributed by atoms with E-state index in [1.807, 2.05) is 13.8 Å². The van der Waals surface area contributed by atoms with Crippen LogP contribution < -0.4 is 11.1 Å². The normalized spacial score (nSPS) is 34.9. The SMILES string of the molecule is CN(C)C1C(=O)C(C(N)=O)C(=N)C2(O)C(=O)C3C(=O)c4c(O)cc(C5NCCC5(C)C)c(C(F)(F)F)c4CC3CC12. The number of nitrogens with two attached hydrogens (primary N) is 1. The number of fused-ring (bicyclic) bond motifs is 3.